The lowest BCUT2D eigenvalue weighted by Gasteiger charge is -2.23. The number of aliphatic hydroxyl groups excluding tert-OH is 1. The lowest BCUT2D eigenvalue weighted by atomic mass is 9.85. The summed E-state index contributed by atoms with van der Waals surface area (Å²) in [6, 6.07) is 15.7. The molecule has 0 bridgehead atoms. The summed E-state index contributed by atoms with van der Waals surface area (Å²) >= 11 is 5.93. The Morgan fingerprint density at radius 3 is 2.05 bits per heavy atom. The van der Waals surface area contributed by atoms with Crippen molar-refractivity contribution in [2.75, 3.05) is 0 Å². The summed E-state index contributed by atoms with van der Waals surface area (Å²) in [5.41, 5.74) is 3.26. The molecule has 0 spiro atoms. The van der Waals surface area contributed by atoms with Crippen LogP contribution in [0.3, 0.4) is 0 Å². The average molecular weight is 285 g/mol. The van der Waals surface area contributed by atoms with Crippen LogP contribution in [0, 0.1) is 19.3 Å². The van der Waals surface area contributed by atoms with Gasteiger partial charge in [0.2, 0.25) is 0 Å². The molecule has 0 aliphatic carbocycles. The molecule has 0 heterocycles. The largest absolute Gasteiger partial charge is 0.391 e. The van der Waals surface area contributed by atoms with Gasteiger partial charge in [0.15, 0.2) is 0 Å². The summed E-state index contributed by atoms with van der Waals surface area (Å²) in [5, 5.41) is 11.1. The summed E-state index contributed by atoms with van der Waals surface area (Å²) in [6.45, 7) is 2.04. The van der Waals surface area contributed by atoms with Crippen LogP contribution < -0.4 is 0 Å². The Hall–Kier alpha value is -1.75. The van der Waals surface area contributed by atoms with E-state index in [0.717, 1.165) is 11.1 Å². The maximum Gasteiger partial charge on any atom is 0.0758 e. The predicted molar refractivity (Wildman–Crippen MR) is 83.9 cm³/mol. The molecule has 2 atom stereocenters. The first kappa shape index (κ1) is 14.7. The molecule has 102 valence electrons. The molecule has 2 aromatic carbocycles. The van der Waals surface area contributed by atoms with Crippen molar-refractivity contribution in [2.24, 2.45) is 0 Å². The number of halogens is 1. The third-order valence-electron chi connectivity index (χ3n) is 3.38. The van der Waals surface area contributed by atoms with Crippen LogP contribution in [0.2, 0.25) is 5.02 Å². The molecule has 1 N–H and O–H groups in total. The molecule has 0 fully saturated rings. The Kier molecular flexibility index (Phi) is 4.84. The first-order valence-corrected chi connectivity index (χ1v) is 6.93. The van der Waals surface area contributed by atoms with E-state index in [-0.39, 0.29) is 5.92 Å². The van der Waals surface area contributed by atoms with Gasteiger partial charge in [-0.3, -0.25) is 0 Å². The fourth-order valence-electron chi connectivity index (χ4n) is 2.32. The van der Waals surface area contributed by atoms with E-state index in [0.29, 0.717) is 11.4 Å². The monoisotopic (exact) mass is 284 g/mol. The lowest BCUT2D eigenvalue weighted by Crippen LogP contribution is -2.19. The second-order valence-electron chi connectivity index (χ2n) is 4.92. The van der Waals surface area contributed by atoms with Crippen LogP contribution in [0.25, 0.3) is 0 Å². The molecule has 0 radical (unpaired) electrons. The van der Waals surface area contributed by atoms with Crippen molar-refractivity contribution < 1.29 is 5.11 Å². The first-order valence-electron chi connectivity index (χ1n) is 6.55. The molecular weight excluding hydrogens is 268 g/mol. The molecule has 0 saturated carbocycles. The summed E-state index contributed by atoms with van der Waals surface area (Å²) < 4.78 is 0. The third kappa shape index (κ3) is 3.42. The molecule has 1 nitrogen and oxygen atoms in total. The van der Waals surface area contributed by atoms with Gasteiger partial charge in [-0.2, -0.15) is 0 Å². The Morgan fingerprint density at radius 2 is 1.55 bits per heavy atom. The Morgan fingerprint density at radius 1 is 1.05 bits per heavy atom. The van der Waals surface area contributed by atoms with Gasteiger partial charge < -0.3 is 5.11 Å². The lowest BCUT2D eigenvalue weighted by molar-refractivity contribution is 0.162. The standard InChI is InChI=1S/C18H17ClO/c1-3-4-17(20)18(14-7-5-13(2)6-8-14)15-9-11-16(19)12-10-15/h1,5-12,17-18,20H,4H2,2H3. The van der Waals surface area contributed by atoms with Crippen molar-refractivity contribution in [2.45, 2.75) is 25.4 Å². The minimum Gasteiger partial charge on any atom is -0.391 e. The quantitative estimate of drug-likeness (QED) is 0.836. The van der Waals surface area contributed by atoms with E-state index in [1.165, 1.54) is 5.56 Å². The number of hydrogen-bond donors (Lipinski definition) is 1. The molecule has 0 aliphatic heterocycles. The maximum atomic E-state index is 10.4. The molecule has 2 aromatic rings. The Labute approximate surface area is 125 Å². The third-order valence-corrected chi connectivity index (χ3v) is 3.63. The van der Waals surface area contributed by atoms with Gasteiger partial charge in [-0.25, -0.2) is 0 Å². The van der Waals surface area contributed by atoms with Crippen LogP contribution in [-0.2, 0) is 0 Å². The number of aliphatic hydroxyl groups is 1. The van der Waals surface area contributed by atoms with Crippen molar-refractivity contribution in [1.82, 2.24) is 0 Å². The minimum absolute atomic E-state index is 0.135. The average Bonchev–Trinajstić information content (AvgIpc) is 2.44. The highest BCUT2D eigenvalue weighted by Crippen LogP contribution is 2.30. The van der Waals surface area contributed by atoms with Crippen molar-refractivity contribution in [3.63, 3.8) is 0 Å². The van der Waals surface area contributed by atoms with Crippen molar-refractivity contribution in [3.8, 4) is 12.3 Å². The zero-order valence-electron chi connectivity index (χ0n) is 11.4. The molecule has 0 aromatic heterocycles. The van der Waals surface area contributed by atoms with Crippen molar-refractivity contribution >= 4 is 11.6 Å². The van der Waals surface area contributed by atoms with Crippen LogP contribution in [0.15, 0.2) is 48.5 Å². The number of terminal acetylenes is 1. The maximum absolute atomic E-state index is 10.4. The summed E-state index contributed by atoms with van der Waals surface area (Å²) in [6.07, 6.45) is 5.05. The van der Waals surface area contributed by atoms with Gasteiger partial charge >= 0.3 is 0 Å². The molecule has 2 heteroatoms. The van der Waals surface area contributed by atoms with Gasteiger partial charge in [-0.1, -0.05) is 53.6 Å². The number of rotatable bonds is 4. The minimum atomic E-state index is -0.608. The van der Waals surface area contributed by atoms with Crippen molar-refractivity contribution in [1.29, 1.82) is 0 Å². The molecule has 0 saturated heterocycles. The van der Waals surface area contributed by atoms with E-state index in [2.05, 4.69) is 5.92 Å². The SMILES string of the molecule is C#CCC(O)C(c1ccc(C)cc1)c1ccc(Cl)cc1. The van der Waals surface area contributed by atoms with Crippen LogP contribution >= 0.6 is 11.6 Å². The van der Waals surface area contributed by atoms with Gasteiger partial charge in [0, 0.05) is 17.4 Å². The molecule has 0 amide bonds. The molecule has 2 rings (SSSR count). The van der Waals surface area contributed by atoms with Crippen LogP contribution in [-0.4, -0.2) is 11.2 Å². The zero-order valence-corrected chi connectivity index (χ0v) is 12.1. The Bertz CT molecular complexity index is 547. The summed E-state index contributed by atoms with van der Waals surface area (Å²) in [5.74, 6) is 2.40. The molecule has 20 heavy (non-hydrogen) atoms. The van der Waals surface area contributed by atoms with Crippen LogP contribution in [0.4, 0.5) is 0 Å². The number of hydrogen-bond acceptors (Lipinski definition) is 1. The Balaban J connectivity index is 2.41. The van der Waals surface area contributed by atoms with Gasteiger partial charge in [-0.05, 0) is 30.2 Å². The first-order chi connectivity index (χ1) is 9.61. The highest BCUT2D eigenvalue weighted by molar-refractivity contribution is 6.30. The van der Waals surface area contributed by atoms with Gasteiger partial charge in [0.1, 0.15) is 0 Å². The van der Waals surface area contributed by atoms with E-state index >= 15 is 0 Å². The van der Waals surface area contributed by atoms with E-state index in [4.69, 9.17) is 18.0 Å². The number of benzene rings is 2. The van der Waals surface area contributed by atoms with Gasteiger partial charge in [-0.15, -0.1) is 12.3 Å². The fraction of sp³-hybridized carbons (Fsp3) is 0.222. The smallest absolute Gasteiger partial charge is 0.0758 e. The normalized spacial score (nSPS) is 13.5. The second kappa shape index (κ2) is 6.61. The van der Waals surface area contributed by atoms with Gasteiger partial charge in [0.25, 0.3) is 0 Å². The van der Waals surface area contributed by atoms with Crippen molar-refractivity contribution in [3.05, 3.63) is 70.2 Å². The van der Waals surface area contributed by atoms with E-state index in [9.17, 15) is 5.11 Å². The number of aryl methyl sites for hydroxylation is 1. The van der Waals surface area contributed by atoms with E-state index < -0.39 is 6.10 Å². The summed E-state index contributed by atoms with van der Waals surface area (Å²) in [7, 11) is 0. The highest BCUT2D eigenvalue weighted by atomic mass is 35.5. The highest BCUT2D eigenvalue weighted by Gasteiger charge is 2.22. The zero-order chi connectivity index (χ0) is 14.5. The fourth-order valence-corrected chi connectivity index (χ4v) is 2.45. The molecule has 0 aliphatic rings. The summed E-state index contributed by atoms with van der Waals surface area (Å²) in [4.78, 5) is 0. The topological polar surface area (TPSA) is 20.2 Å². The second-order valence-corrected chi connectivity index (χ2v) is 5.35. The van der Waals surface area contributed by atoms with Crippen LogP contribution in [0.5, 0.6) is 0 Å². The molecular formula is C18H17ClO. The van der Waals surface area contributed by atoms with E-state index in [1.54, 1.807) is 0 Å². The molecule has 2 unspecified atom stereocenters. The van der Waals surface area contributed by atoms with Gasteiger partial charge in [0.05, 0.1) is 6.10 Å². The predicted octanol–water partition coefficient (Wildman–Crippen LogP) is 4.16. The van der Waals surface area contributed by atoms with E-state index in [1.807, 2.05) is 55.5 Å². The van der Waals surface area contributed by atoms with Crippen LogP contribution in [0.1, 0.15) is 29.0 Å².